The lowest BCUT2D eigenvalue weighted by molar-refractivity contribution is -0.0712. The molecule has 0 aromatic carbocycles. The lowest BCUT2D eigenvalue weighted by Gasteiger charge is -2.43. The summed E-state index contributed by atoms with van der Waals surface area (Å²) in [6.07, 6.45) is 4.95. The SMILES string of the molecule is CC(C)CNC(=O)N1CCOC2CCCCC21. The van der Waals surface area contributed by atoms with E-state index < -0.39 is 0 Å². The fourth-order valence-corrected chi connectivity index (χ4v) is 2.74. The molecule has 1 aliphatic carbocycles. The van der Waals surface area contributed by atoms with E-state index in [4.69, 9.17) is 4.74 Å². The van der Waals surface area contributed by atoms with Gasteiger partial charge in [-0.1, -0.05) is 26.7 Å². The molecule has 2 unspecified atom stereocenters. The van der Waals surface area contributed by atoms with Crippen LogP contribution >= 0.6 is 0 Å². The summed E-state index contributed by atoms with van der Waals surface area (Å²) in [4.78, 5) is 14.1. The second kappa shape index (κ2) is 5.71. The van der Waals surface area contributed by atoms with E-state index in [9.17, 15) is 4.79 Å². The second-order valence-corrected chi connectivity index (χ2v) is 5.53. The van der Waals surface area contributed by atoms with Crippen LogP contribution in [-0.4, -0.2) is 42.8 Å². The van der Waals surface area contributed by atoms with E-state index in [1.165, 1.54) is 12.8 Å². The van der Waals surface area contributed by atoms with Gasteiger partial charge in [-0.2, -0.15) is 0 Å². The third kappa shape index (κ3) is 3.12. The maximum absolute atomic E-state index is 12.1. The molecule has 2 amide bonds. The van der Waals surface area contributed by atoms with Gasteiger partial charge in [0.2, 0.25) is 0 Å². The predicted octanol–water partition coefficient (Wildman–Crippen LogP) is 2.00. The van der Waals surface area contributed by atoms with E-state index in [1.54, 1.807) is 0 Å². The molecule has 4 nitrogen and oxygen atoms in total. The van der Waals surface area contributed by atoms with Crippen molar-refractivity contribution in [3.05, 3.63) is 0 Å². The number of nitrogens with zero attached hydrogens (tertiary/aromatic N) is 1. The van der Waals surface area contributed by atoms with Gasteiger partial charge in [-0.25, -0.2) is 4.79 Å². The third-order valence-corrected chi connectivity index (χ3v) is 3.65. The summed E-state index contributed by atoms with van der Waals surface area (Å²) in [5.41, 5.74) is 0. The van der Waals surface area contributed by atoms with Crippen molar-refractivity contribution in [2.45, 2.75) is 51.7 Å². The lowest BCUT2D eigenvalue weighted by atomic mass is 9.90. The Labute approximate surface area is 104 Å². The minimum Gasteiger partial charge on any atom is -0.374 e. The highest BCUT2D eigenvalue weighted by molar-refractivity contribution is 5.74. The zero-order valence-electron chi connectivity index (χ0n) is 10.9. The van der Waals surface area contributed by atoms with Crippen molar-refractivity contribution in [3.8, 4) is 0 Å². The highest BCUT2D eigenvalue weighted by Crippen LogP contribution is 2.28. The highest BCUT2D eigenvalue weighted by Gasteiger charge is 2.36. The number of rotatable bonds is 2. The van der Waals surface area contributed by atoms with Crippen LogP contribution in [0.25, 0.3) is 0 Å². The number of morpholine rings is 1. The first-order valence-corrected chi connectivity index (χ1v) is 6.84. The summed E-state index contributed by atoms with van der Waals surface area (Å²) in [5.74, 6) is 0.502. The summed E-state index contributed by atoms with van der Waals surface area (Å²) >= 11 is 0. The number of nitrogens with one attached hydrogen (secondary N) is 1. The van der Waals surface area contributed by atoms with E-state index in [0.29, 0.717) is 18.6 Å². The topological polar surface area (TPSA) is 41.6 Å². The number of carbonyl (C=O) groups is 1. The summed E-state index contributed by atoms with van der Waals surface area (Å²) in [6, 6.07) is 0.406. The van der Waals surface area contributed by atoms with Gasteiger partial charge >= 0.3 is 6.03 Å². The summed E-state index contributed by atoms with van der Waals surface area (Å²) < 4.78 is 5.77. The molecule has 1 saturated heterocycles. The Bertz CT molecular complexity index is 266. The van der Waals surface area contributed by atoms with Crippen LogP contribution < -0.4 is 5.32 Å². The van der Waals surface area contributed by atoms with Crippen molar-refractivity contribution in [3.63, 3.8) is 0 Å². The van der Waals surface area contributed by atoms with Gasteiger partial charge in [0.05, 0.1) is 18.8 Å². The van der Waals surface area contributed by atoms with Crippen molar-refractivity contribution in [2.75, 3.05) is 19.7 Å². The molecule has 0 aromatic rings. The first-order valence-electron chi connectivity index (χ1n) is 6.84. The van der Waals surface area contributed by atoms with E-state index in [0.717, 1.165) is 25.9 Å². The van der Waals surface area contributed by atoms with Crippen LogP contribution in [0.5, 0.6) is 0 Å². The van der Waals surface area contributed by atoms with Crippen LogP contribution in [0.4, 0.5) is 4.79 Å². The van der Waals surface area contributed by atoms with Crippen molar-refractivity contribution in [2.24, 2.45) is 5.92 Å². The minimum absolute atomic E-state index is 0.0962. The van der Waals surface area contributed by atoms with Crippen molar-refractivity contribution in [1.82, 2.24) is 10.2 Å². The van der Waals surface area contributed by atoms with Crippen LogP contribution in [0.3, 0.4) is 0 Å². The summed E-state index contributed by atoms with van der Waals surface area (Å²) in [7, 11) is 0. The Balaban J connectivity index is 1.91. The zero-order chi connectivity index (χ0) is 12.3. The minimum atomic E-state index is 0.0962. The molecule has 2 fully saturated rings. The molecule has 1 N–H and O–H groups in total. The fraction of sp³-hybridized carbons (Fsp3) is 0.923. The van der Waals surface area contributed by atoms with Gasteiger partial charge in [0.25, 0.3) is 0 Å². The molecule has 4 heteroatoms. The number of hydrogen-bond donors (Lipinski definition) is 1. The molecule has 2 aliphatic rings. The van der Waals surface area contributed by atoms with Gasteiger partial charge in [-0.05, 0) is 18.8 Å². The Hall–Kier alpha value is -0.770. The molecule has 2 rings (SSSR count). The van der Waals surface area contributed by atoms with Crippen LogP contribution in [0.1, 0.15) is 39.5 Å². The van der Waals surface area contributed by atoms with E-state index in [2.05, 4.69) is 19.2 Å². The number of amides is 2. The number of hydrogen-bond acceptors (Lipinski definition) is 2. The maximum Gasteiger partial charge on any atom is 0.317 e. The van der Waals surface area contributed by atoms with Crippen molar-refractivity contribution < 1.29 is 9.53 Å². The molecular formula is C13H24N2O2. The molecule has 1 saturated carbocycles. The molecule has 1 aliphatic heterocycles. The molecule has 0 spiro atoms. The van der Waals surface area contributed by atoms with Crippen molar-refractivity contribution >= 4 is 6.03 Å². The first-order chi connectivity index (χ1) is 8.18. The number of urea groups is 1. The number of ether oxygens (including phenoxy) is 1. The number of fused-ring (bicyclic) bond motifs is 1. The average molecular weight is 240 g/mol. The van der Waals surface area contributed by atoms with Crippen LogP contribution in [0.15, 0.2) is 0 Å². The van der Waals surface area contributed by atoms with Gasteiger partial charge in [0, 0.05) is 13.1 Å². The lowest BCUT2D eigenvalue weighted by Crippen LogP contribution is -2.57. The third-order valence-electron chi connectivity index (χ3n) is 3.65. The molecule has 17 heavy (non-hydrogen) atoms. The highest BCUT2D eigenvalue weighted by atomic mass is 16.5. The normalized spacial score (nSPS) is 29.0. The van der Waals surface area contributed by atoms with Crippen LogP contribution in [0, 0.1) is 5.92 Å². The van der Waals surface area contributed by atoms with Gasteiger partial charge in [-0.15, -0.1) is 0 Å². The van der Waals surface area contributed by atoms with Crippen LogP contribution in [0.2, 0.25) is 0 Å². The predicted molar refractivity (Wildman–Crippen MR) is 66.9 cm³/mol. The monoisotopic (exact) mass is 240 g/mol. The van der Waals surface area contributed by atoms with E-state index in [1.807, 2.05) is 4.90 Å². The summed E-state index contributed by atoms with van der Waals surface area (Å²) in [5, 5.41) is 3.02. The first kappa shape index (κ1) is 12.7. The zero-order valence-corrected chi connectivity index (χ0v) is 10.9. The van der Waals surface area contributed by atoms with Gasteiger partial charge in [-0.3, -0.25) is 0 Å². The molecule has 98 valence electrons. The molecule has 0 aromatic heterocycles. The Morgan fingerprint density at radius 1 is 1.41 bits per heavy atom. The molecular weight excluding hydrogens is 216 g/mol. The standard InChI is InChI=1S/C13H24N2O2/c1-10(2)9-14-13(16)15-7-8-17-12-6-4-3-5-11(12)15/h10-12H,3-9H2,1-2H3,(H,14,16). The molecule has 1 heterocycles. The second-order valence-electron chi connectivity index (χ2n) is 5.53. The van der Waals surface area contributed by atoms with Gasteiger partial charge in [0.15, 0.2) is 0 Å². The summed E-state index contributed by atoms with van der Waals surface area (Å²) in [6.45, 7) is 6.42. The van der Waals surface area contributed by atoms with E-state index in [-0.39, 0.29) is 12.1 Å². The molecule has 2 atom stereocenters. The Morgan fingerprint density at radius 2 is 2.18 bits per heavy atom. The maximum atomic E-state index is 12.1. The quantitative estimate of drug-likeness (QED) is 0.802. The Kier molecular flexibility index (Phi) is 4.26. The van der Waals surface area contributed by atoms with Crippen molar-refractivity contribution in [1.29, 1.82) is 0 Å². The van der Waals surface area contributed by atoms with E-state index >= 15 is 0 Å². The fourth-order valence-electron chi connectivity index (χ4n) is 2.74. The smallest absolute Gasteiger partial charge is 0.317 e. The average Bonchev–Trinajstić information content (AvgIpc) is 2.35. The van der Waals surface area contributed by atoms with Gasteiger partial charge < -0.3 is 15.0 Å². The number of carbonyl (C=O) groups excluding carboxylic acids is 1. The van der Waals surface area contributed by atoms with Gasteiger partial charge in [0.1, 0.15) is 0 Å². The molecule has 0 radical (unpaired) electrons. The molecule has 0 bridgehead atoms. The largest absolute Gasteiger partial charge is 0.374 e. The van der Waals surface area contributed by atoms with Crippen LogP contribution in [-0.2, 0) is 4.74 Å². The Morgan fingerprint density at radius 3 is 2.94 bits per heavy atom.